The summed E-state index contributed by atoms with van der Waals surface area (Å²) in [6, 6.07) is 6.32. The van der Waals surface area contributed by atoms with E-state index in [0.717, 1.165) is 39.8 Å². The van der Waals surface area contributed by atoms with Gasteiger partial charge in [-0.15, -0.1) is 0 Å². The Kier molecular flexibility index (Phi) is 4.15. The lowest BCUT2D eigenvalue weighted by Crippen LogP contribution is -2.17. The van der Waals surface area contributed by atoms with Crippen LogP contribution in [0.3, 0.4) is 0 Å². The van der Waals surface area contributed by atoms with Crippen LogP contribution in [0.25, 0.3) is 11.3 Å². The van der Waals surface area contributed by atoms with Crippen LogP contribution in [-0.4, -0.2) is 20.4 Å². The molecular formula is C20H25N3OS. The molecule has 1 aromatic heterocycles. The zero-order valence-electron chi connectivity index (χ0n) is 15.8. The van der Waals surface area contributed by atoms with Crippen molar-refractivity contribution >= 4 is 11.8 Å². The summed E-state index contributed by atoms with van der Waals surface area (Å²) in [6.45, 7) is 13.4. The van der Waals surface area contributed by atoms with E-state index in [4.69, 9.17) is 4.98 Å². The highest BCUT2D eigenvalue weighted by molar-refractivity contribution is 7.99. The van der Waals surface area contributed by atoms with Gasteiger partial charge in [0.1, 0.15) is 23.2 Å². The molecular weight excluding hydrogens is 330 g/mol. The fourth-order valence-corrected chi connectivity index (χ4v) is 4.16. The number of hydrogen-bond acceptors (Lipinski definition) is 4. The summed E-state index contributed by atoms with van der Waals surface area (Å²) in [5.74, 6) is 1.32. The van der Waals surface area contributed by atoms with Crippen molar-refractivity contribution in [3.05, 3.63) is 29.0 Å². The number of phenols is 1. The van der Waals surface area contributed by atoms with Crippen molar-refractivity contribution in [3.8, 4) is 23.1 Å². The number of nitriles is 1. The van der Waals surface area contributed by atoms with Gasteiger partial charge in [-0.05, 0) is 23.0 Å². The van der Waals surface area contributed by atoms with E-state index in [1.807, 2.05) is 16.7 Å². The van der Waals surface area contributed by atoms with Crippen LogP contribution in [0, 0.1) is 11.3 Å². The molecule has 0 unspecified atom stereocenters. The van der Waals surface area contributed by atoms with E-state index >= 15 is 0 Å². The molecule has 1 aliphatic heterocycles. The van der Waals surface area contributed by atoms with Crippen LogP contribution < -0.4 is 0 Å². The maximum Gasteiger partial charge on any atom is 0.169 e. The Bertz CT molecular complexity index is 841. The molecule has 0 aliphatic carbocycles. The zero-order chi connectivity index (χ0) is 18.6. The lowest BCUT2D eigenvalue weighted by Gasteiger charge is -2.28. The maximum atomic E-state index is 10.9. The molecule has 4 nitrogen and oxygen atoms in total. The fourth-order valence-electron chi connectivity index (χ4n) is 3.21. The molecule has 0 radical (unpaired) electrons. The summed E-state index contributed by atoms with van der Waals surface area (Å²) in [5.41, 5.74) is 3.62. The second-order valence-corrected chi connectivity index (χ2v) is 9.69. The van der Waals surface area contributed by atoms with Crippen LogP contribution in [-0.2, 0) is 17.4 Å². The first kappa shape index (κ1) is 17.9. The van der Waals surface area contributed by atoms with Gasteiger partial charge in [-0.2, -0.15) is 5.26 Å². The van der Waals surface area contributed by atoms with E-state index in [1.54, 1.807) is 11.8 Å². The summed E-state index contributed by atoms with van der Waals surface area (Å²) < 4.78 is 2.00. The van der Waals surface area contributed by atoms with E-state index in [0.29, 0.717) is 11.4 Å². The molecule has 0 amide bonds. The Morgan fingerprint density at radius 1 is 1.12 bits per heavy atom. The lowest BCUT2D eigenvalue weighted by atomic mass is 9.78. The van der Waals surface area contributed by atoms with E-state index in [2.05, 4.69) is 47.6 Å². The van der Waals surface area contributed by atoms with Crippen molar-refractivity contribution in [2.24, 2.45) is 0 Å². The standard InChI is InChI=1S/C20H25N3OS/c1-19(2,3)13-9-12(10-14(17(13)24)20(4,5)6)16-15(11-21)23-7-8-25-18(23)22-16/h9-10,24H,7-8H2,1-6H3. The molecule has 1 aromatic carbocycles. The van der Waals surface area contributed by atoms with Gasteiger partial charge in [0.05, 0.1) is 0 Å². The van der Waals surface area contributed by atoms with E-state index in [9.17, 15) is 10.4 Å². The van der Waals surface area contributed by atoms with E-state index < -0.39 is 0 Å². The van der Waals surface area contributed by atoms with Crippen molar-refractivity contribution in [2.75, 3.05) is 5.75 Å². The Labute approximate surface area is 153 Å². The van der Waals surface area contributed by atoms with Gasteiger partial charge < -0.3 is 9.67 Å². The normalized spacial score (nSPS) is 14.4. The molecule has 5 heteroatoms. The van der Waals surface area contributed by atoms with Crippen LogP contribution in [0.4, 0.5) is 0 Å². The molecule has 0 spiro atoms. The van der Waals surface area contributed by atoms with Gasteiger partial charge in [-0.3, -0.25) is 0 Å². The monoisotopic (exact) mass is 355 g/mol. The molecule has 0 saturated heterocycles. The number of thioether (sulfide) groups is 1. The topological polar surface area (TPSA) is 61.8 Å². The largest absolute Gasteiger partial charge is 0.507 e. The third-order valence-electron chi connectivity index (χ3n) is 4.58. The minimum Gasteiger partial charge on any atom is -0.507 e. The third kappa shape index (κ3) is 3.04. The molecule has 0 atom stereocenters. The minimum atomic E-state index is -0.204. The minimum absolute atomic E-state index is 0.204. The van der Waals surface area contributed by atoms with Crippen molar-refractivity contribution < 1.29 is 5.11 Å². The van der Waals surface area contributed by atoms with E-state index in [1.165, 1.54) is 0 Å². The third-order valence-corrected chi connectivity index (χ3v) is 5.54. The summed E-state index contributed by atoms with van der Waals surface area (Å²) in [5, 5.41) is 21.5. The number of phenolic OH excluding ortho intramolecular Hbond substituents is 1. The van der Waals surface area contributed by atoms with Crippen molar-refractivity contribution in [1.29, 1.82) is 5.26 Å². The number of aromatic hydroxyl groups is 1. The second-order valence-electron chi connectivity index (χ2n) is 8.62. The molecule has 0 bridgehead atoms. The number of rotatable bonds is 1. The van der Waals surface area contributed by atoms with Crippen molar-refractivity contribution in [1.82, 2.24) is 9.55 Å². The molecule has 1 N–H and O–H groups in total. The summed E-state index contributed by atoms with van der Waals surface area (Å²) in [4.78, 5) is 4.73. The van der Waals surface area contributed by atoms with E-state index in [-0.39, 0.29) is 10.8 Å². The van der Waals surface area contributed by atoms with Crippen molar-refractivity contribution in [3.63, 3.8) is 0 Å². The number of benzene rings is 1. The number of aromatic nitrogens is 2. The van der Waals surface area contributed by atoms with Crippen LogP contribution in [0.2, 0.25) is 0 Å². The van der Waals surface area contributed by atoms with Gasteiger partial charge in [-0.25, -0.2) is 4.98 Å². The highest BCUT2D eigenvalue weighted by Gasteiger charge is 2.29. The first-order valence-electron chi connectivity index (χ1n) is 8.56. The lowest BCUT2D eigenvalue weighted by molar-refractivity contribution is 0.423. The predicted molar refractivity (Wildman–Crippen MR) is 102 cm³/mol. The second kappa shape index (κ2) is 5.81. The van der Waals surface area contributed by atoms with Crippen LogP contribution in [0.15, 0.2) is 17.3 Å². The van der Waals surface area contributed by atoms with Crippen LogP contribution >= 0.6 is 11.8 Å². The van der Waals surface area contributed by atoms with Crippen molar-refractivity contribution in [2.45, 2.75) is 64.1 Å². The molecule has 132 valence electrons. The first-order valence-corrected chi connectivity index (χ1v) is 9.54. The molecule has 1 aliphatic rings. The molecule has 2 aromatic rings. The molecule has 0 saturated carbocycles. The molecule has 25 heavy (non-hydrogen) atoms. The quantitative estimate of drug-likeness (QED) is 0.796. The van der Waals surface area contributed by atoms with Gasteiger partial charge in [0, 0.05) is 29.0 Å². The SMILES string of the molecule is CC(C)(C)c1cc(-c2nc3n(c2C#N)CCS3)cc(C(C)(C)C)c1O. The average molecular weight is 356 g/mol. The molecule has 0 fully saturated rings. The molecule has 2 heterocycles. The summed E-state index contributed by atoms with van der Waals surface area (Å²) in [6.07, 6.45) is 0. The fraction of sp³-hybridized carbons (Fsp3) is 0.500. The summed E-state index contributed by atoms with van der Waals surface area (Å²) >= 11 is 1.69. The predicted octanol–water partition coefficient (Wildman–Crippen LogP) is 4.83. The smallest absolute Gasteiger partial charge is 0.169 e. The zero-order valence-corrected chi connectivity index (χ0v) is 16.6. The maximum absolute atomic E-state index is 10.9. The Morgan fingerprint density at radius 2 is 1.68 bits per heavy atom. The van der Waals surface area contributed by atoms with Gasteiger partial charge in [0.15, 0.2) is 5.16 Å². The van der Waals surface area contributed by atoms with Gasteiger partial charge in [0.25, 0.3) is 0 Å². The van der Waals surface area contributed by atoms with Crippen LogP contribution in [0.1, 0.15) is 58.4 Å². The number of hydrogen-bond donors (Lipinski definition) is 1. The Balaban J connectivity index is 2.30. The highest BCUT2D eigenvalue weighted by Crippen LogP contribution is 2.43. The van der Waals surface area contributed by atoms with Gasteiger partial charge >= 0.3 is 0 Å². The van der Waals surface area contributed by atoms with Gasteiger partial charge in [-0.1, -0.05) is 53.3 Å². The Hall–Kier alpha value is -1.93. The average Bonchev–Trinajstić information content (AvgIpc) is 3.05. The van der Waals surface area contributed by atoms with Gasteiger partial charge in [0.2, 0.25) is 0 Å². The number of fused-ring (bicyclic) bond motifs is 1. The highest BCUT2D eigenvalue weighted by atomic mass is 32.2. The molecule has 3 rings (SSSR count). The summed E-state index contributed by atoms with van der Waals surface area (Å²) in [7, 11) is 0. The Morgan fingerprint density at radius 3 is 2.16 bits per heavy atom. The number of imidazole rings is 1. The first-order chi connectivity index (χ1) is 11.5. The van der Waals surface area contributed by atoms with Crippen LogP contribution in [0.5, 0.6) is 5.75 Å². The number of nitrogens with zero attached hydrogens (tertiary/aromatic N) is 3.